The van der Waals surface area contributed by atoms with Gasteiger partial charge >= 0.3 is 0 Å². The zero-order valence-corrected chi connectivity index (χ0v) is 12.6. The fraction of sp³-hybridized carbons (Fsp3) is 0.933. The molecule has 0 bridgehead atoms. The zero-order chi connectivity index (χ0) is 13.6. The molecule has 1 saturated heterocycles. The van der Waals surface area contributed by atoms with Crippen LogP contribution in [0, 0.1) is 16.7 Å². The molecule has 0 radical (unpaired) electrons. The van der Waals surface area contributed by atoms with E-state index in [9.17, 15) is 5.26 Å². The molecule has 0 amide bonds. The van der Waals surface area contributed by atoms with Crippen molar-refractivity contribution in [3.63, 3.8) is 0 Å². The van der Waals surface area contributed by atoms with E-state index in [0.29, 0.717) is 5.41 Å². The van der Waals surface area contributed by atoms with Gasteiger partial charge in [-0.2, -0.15) is 5.26 Å². The van der Waals surface area contributed by atoms with Gasteiger partial charge in [-0.1, -0.05) is 27.7 Å². The van der Waals surface area contributed by atoms with E-state index in [1.54, 1.807) is 0 Å². The molecule has 1 aliphatic heterocycles. The van der Waals surface area contributed by atoms with Crippen LogP contribution in [0.3, 0.4) is 0 Å². The van der Waals surface area contributed by atoms with Crippen LogP contribution < -0.4 is 5.32 Å². The summed E-state index contributed by atoms with van der Waals surface area (Å²) in [6, 6.07) is 2.48. The molecule has 1 fully saturated rings. The molecule has 1 rings (SSSR count). The van der Waals surface area contributed by atoms with Crippen LogP contribution in [0.2, 0.25) is 0 Å². The van der Waals surface area contributed by atoms with E-state index >= 15 is 0 Å². The second kappa shape index (κ2) is 6.54. The molecule has 0 aromatic rings. The number of hydrogen-bond donors (Lipinski definition) is 1. The van der Waals surface area contributed by atoms with Gasteiger partial charge in [0.2, 0.25) is 0 Å². The third-order valence-electron chi connectivity index (χ3n) is 4.17. The van der Waals surface area contributed by atoms with Crippen molar-refractivity contribution in [1.29, 1.82) is 5.26 Å². The maximum Gasteiger partial charge on any atom is 0.106 e. The van der Waals surface area contributed by atoms with Crippen molar-refractivity contribution < 1.29 is 0 Å². The Labute approximate surface area is 113 Å². The van der Waals surface area contributed by atoms with E-state index in [-0.39, 0.29) is 5.54 Å². The van der Waals surface area contributed by atoms with Crippen LogP contribution in [0.4, 0.5) is 0 Å². The number of nitriles is 1. The standard InChI is InChI=1S/C15H29N3/c1-5-15(12-16,17-6-2)8-7-10-18-11-9-14(3,4)13-18/h17H,5-11,13H2,1-4H3. The third-order valence-corrected chi connectivity index (χ3v) is 4.17. The van der Waals surface area contributed by atoms with E-state index in [2.05, 4.69) is 44.0 Å². The average Bonchev–Trinajstić information content (AvgIpc) is 2.68. The molecular weight excluding hydrogens is 222 g/mol. The third kappa shape index (κ3) is 4.26. The zero-order valence-electron chi connectivity index (χ0n) is 12.6. The van der Waals surface area contributed by atoms with Crippen LogP contribution in [0.5, 0.6) is 0 Å². The van der Waals surface area contributed by atoms with Gasteiger partial charge in [0.1, 0.15) is 5.54 Å². The first kappa shape index (κ1) is 15.5. The summed E-state index contributed by atoms with van der Waals surface area (Å²) >= 11 is 0. The van der Waals surface area contributed by atoms with E-state index in [1.165, 1.54) is 19.5 Å². The van der Waals surface area contributed by atoms with E-state index in [1.807, 2.05) is 0 Å². The van der Waals surface area contributed by atoms with Gasteiger partial charge in [0, 0.05) is 6.54 Å². The number of likely N-dealkylation sites (tertiary alicyclic amines) is 1. The summed E-state index contributed by atoms with van der Waals surface area (Å²) < 4.78 is 0. The maximum atomic E-state index is 9.36. The van der Waals surface area contributed by atoms with E-state index in [4.69, 9.17) is 0 Å². The molecule has 0 saturated carbocycles. The first-order chi connectivity index (χ1) is 8.47. The SMILES string of the molecule is CCNC(C#N)(CC)CCCN1CCC(C)(C)C1. The number of rotatable bonds is 7. The number of hydrogen-bond acceptors (Lipinski definition) is 3. The minimum absolute atomic E-state index is 0.302. The topological polar surface area (TPSA) is 39.1 Å². The Morgan fingerprint density at radius 2 is 2.11 bits per heavy atom. The first-order valence-electron chi connectivity index (χ1n) is 7.35. The molecule has 1 aliphatic rings. The Balaban J connectivity index is 2.34. The van der Waals surface area contributed by atoms with Crippen LogP contribution in [0.25, 0.3) is 0 Å². The number of nitrogens with one attached hydrogen (secondary N) is 1. The fourth-order valence-electron chi connectivity index (χ4n) is 2.92. The molecule has 0 spiro atoms. The van der Waals surface area contributed by atoms with Crippen molar-refractivity contribution >= 4 is 0 Å². The van der Waals surface area contributed by atoms with Gasteiger partial charge < -0.3 is 4.90 Å². The summed E-state index contributed by atoms with van der Waals surface area (Å²) in [7, 11) is 0. The van der Waals surface area contributed by atoms with Crippen LogP contribution in [0.15, 0.2) is 0 Å². The first-order valence-corrected chi connectivity index (χ1v) is 7.35. The minimum Gasteiger partial charge on any atom is -0.303 e. The summed E-state index contributed by atoms with van der Waals surface area (Å²) in [5.41, 5.74) is 0.183. The Morgan fingerprint density at radius 3 is 2.56 bits per heavy atom. The van der Waals surface area contributed by atoms with E-state index in [0.717, 1.165) is 32.4 Å². The molecular formula is C15H29N3. The van der Waals surface area contributed by atoms with Crippen LogP contribution >= 0.6 is 0 Å². The van der Waals surface area contributed by atoms with Gasteiger partial charge in [-0.15, -0.1) is 0 Å². The molecule has 1 N–H and O–H groups in total. The van der Waals surface area contributed by atoms with Gasteiger partial charge in [-0.3, -0.25) is 5.32 Å². The van der Waals surface area contributed by atoms with Gasteiger partial charge in [0.15, 0.2) is 0 Å². The van der Waals surface area contributed by atoms with Gasteiger partial charge in [-0.25, -0.2) is 0 Å². The lowest BCUT2D eigenvalue weighted by Crippen LogP contribution is -2.43. The van der Waals surface area contributed by atoms with Crippen LogP contribution in [-0.4, -0.2) is 36.6 Å². The van der Waals surface area contributed by atoms with Crippen molar-refractivity contribution in [3.05, 3.63) is 0 Å². The van der Waals surface area contributed by atoms with Crippen LogP contribution in [-0.2, 0) is 0 Å². The molecule has 104 valence electrons. The lowest BCUT2D eigenvalue weighted by atomic mass is 9.91. The monoisotopic (exact) mass is 251 g/mol. The second-order valence-corrected chi connectivity index (χ2v) is 6.37. The molecule has 1 atom stereocenters. The maximum absolute atomic E-state index is 9.36. The van der Waals surface area contributed by atoms with Crippen LogP contribution in [0.1, 0.15) is 53.4 Å². The highest BCUT2D eigenvalue weighted by molar-refractivity contribution is 5.06. The summed E-state index contributed by atoms with van der Waals surface area (Å²) in [6.45, 7) is 13.3. The smallest absolute Gasteiger partial charge is 0.106 e. The van der Waals surface area contributed by atoms with Crippen molar-refractivity contribution in [2.24, 2.45) is 5.41 Å². The largest absolute Gasteiger partial charge is 0.303 e. The highest BCUT2D eigenvalue weighted by Crippen LogP contribution is 2.29. The predicted molar refractivity (Wildman–Crippen MR) is 76.4 cm³/mol. The lowest BCUT2D eigenvalue weighted by Gasteiger charge is -2.27. The van der Waals surface area contributed by atoms with E-state index < -0.39 is 0 Å². The van der Waals surface area contributed by atoms with Crippen molar-refractivity contribution in [2.75, 3.05) is 26.2 Å². The molecule has 0 aliphatic carbocycles. The fourth-order valence-corrected chi connectivity index (χ4v) is 2.92. The van der Waals surface area contributed by atoms with Crippen molar-refractivity contribution in [2.45, 2.75) is 58.9 Å². The van der Waals surface area contributed by atoms with Gasteiger partial charge in [0.05, 0.1) is 6.07 Å². The Bertz CT molecular complexity index is 293. The molecule has 0 aromatic carbocycles. The predicted octanol–water partition coefficient (Wildman–Crippen LogP) is 2.78. The quantitative estimate of drug-likeness (QED) is 0.756. The van der Waals surface area contributed by atoms with Gasteiger partial charge in [-0.05, 0) is 50.7 Å². The number of nitrogens with zero attached hydrogens (tertiary/aromatic N) is 2. The molecule has 3 heteroatoms. The molecule has 1 unspecified atom stereocenters. The average molecular weight is 251 g/mol. The highest BCUT2D eigenvalue weighted by atomic mass is 15.1. The molecule has 0 aromatic heterocycles. The summed E-state index contributed by atoms with van der Waals surface area (Å²) in [6.07, 6.45) is 4.27. The minimum atomic E-state index is -0.302. The normalized spacial score (nSPS) is 22.6. The Hall–Kier alpha value is -0.590. The summed E-state index contributed by atoms with van der Waals surface area (Å²) in [5, 5.41) is 12.7. The summed E-state index contributed by atoms with van der Waals surface area (Å²) in [5.74, 6) is 0. The molecule has 18 heavy (non-hydrogen) atoms. The molecule has 3 nitrogen and oxygen atoms in total. The molecule has 1 heterocycles. The Kier molecular flexibility index (Phi) is 5.62. The highest BCUT2D eigenvalue weighted by Gasteiger charge is 2.30. The van der Waals surface area contributed by atoms with Gasteiger partial charge in [0.25, 0.3) is 0 Å². The van der Waals surface area contributed by atoms with Crippen molar-refractivity contribution in [3.8, 4) is 6.07 Å². The van der Waals surface area contributed by atoms with Crippen molar-refractivity contribution in [1.82, 2.24) is 10.2 Å². The second-order valence-electron chi connectivity index (χ2n) is 6.37. The summed E-state index contributed by atoms with van der Waals surface area (Å²) in [4.78, 5) is 2.55. The Morgan fingerprint density at radius 1 is 1.39 bits per heavy atom. The lowest BCUT2D eigenvalue weighted by molar-refractivity contribution is 0.269.